The summed E-state index contributed by atoms with van der Waals surface area (Å²) in [4.78, 5) is 7.97. The van der Waals surface area contributed by atoms with Crippen LogP contribution in [0.2, 0.25) is 0 Å². The summed E-state index contributed by atoms with van der Waals surface area (Å²) in [6, 6.07) is 14.9. The van der Waals surface area contributed by atoms with Crippen LogP contribution in [0.3, 0.4) is 0 Å². The molecule has 0 radical (unpaired) electrons. The number of halogens is 3. The second-order valence-corrected chi connectivity index (χ2v) is 7.58. The number of aromatic nitrogens is 2. The van der Waals surface area contributed by atoms with Gasteiger partial charge in [0.2, 0.25) is 5.95 Å². The third-order valence-electron chi connectivity index (χ3n) is 4.91. The zero-order valence-corrected chi connectivity index (χ0v) is 17.8. The Kier molecular flexibility index (Phi) is 7.50. The first-order valence-corrected chi connectivity index (χ1v) is 10.5. The molecule has 0 amide bonds. The molecule has 0 aliphatic rings. The fourth-order valence-corrected chi connectivity index (χ4v) is 3.21. The van der Waals surface area contributed by atoms with E-state index in [1.165, 1.54) is 6.42 Å². The van der Waals surface area contributed by atoms with E-state index < -0.39 is 11.7 Å². The quantitative estimate of drug-likeness (QED) is 0.348. The largest absolute Gasteiger partial charge is 0.421 e. The molecule has 3 aromatic rings. The highest BCUT2D eigenvalue weighted by atomic mass is 19.4. The first kappa shape index (κ1) is 22.6. The van der Waals surface area contributed by atoms with Crippen LogP contribution in [0.1, 0.15) is 49.3 Å². The molecule has 0 bridgehead atoms. The summed E-state index contributed by atoms with van der Waals surface area (Å²) in [6.45, 7) is 4.12. The van der Waals surface area contributed by atoms with Gasteiger partial charge in [0.25, 0.3) is 0 Å². The molecule has 0 saturated carbocycles. The summed E-state index contributed by atoms with van der Waals surface area (Å²) < 4.78 is 40.6. The molecular formula is C24H27F3N4. The Labute approximate surface area is 181 Å². The van der Waals surface area contributed by atoms with Crippen LogP contribution >= 0.6 is 0 Å². The van der Waals surface area contributed by atoms with Crippen LogP contribution < -0.4 is 10.6 Å². The summed E-state index contributed by atoms with van der Waals surface area (Å²) in [5, 5.41) is 5.80. The minimum absolute atomic E-state index is 0.0927. The van der Waals surface area contributed by atoms with Crippen molar-refractivity contribution < 1.29 is 13.2 Å². The number of nitrogens with one attached hydrogen (secondary N) is 2. The van der Waals surface area contributed by atoms with Gasteiger partial charge in [0.15, 0.2) is 0 Å². The summed E-state index contributed by atoms with van der Waals surface area (Å²) in [6.07, 6.45) is 1.68. The van der Waals surface area contributed by atoms with Crippen molar-refractivity contribution in [2.75, 3.05) is 10.6 Å². The number of hydrogen-bond acceptors (Lipinski definition) is 4. The van der Waals surface area contributed by atoms with Gasteiger partial charge in [-0.1, -0.05) is 56.0 Å². The highest BCUT2D eigenvalue weighted by Crippen LogP contribution is 2.35. The molecule has 164 valence electrons. The third kappa shape index (κ3) is 6.70. The van der Waals surface area contributed by atoms with Crippen LogP contribution in [-0.2, 0) is 12.6 Å². The van der Waals surface area contributed by atoms with Gasteiger partial charge < -0.3 is 10.6 Å². The minimum Gasteiger partial charge on any atom is -0.340 e. The van der Waals surface area contributed by atoms with Crippen molar-refractivity contribution in [1.82, 2.24) is 9.97 Å². The van der Waals surface area contributed by atoms with Gasteiger partial charge in [0.05, 0.1) is 0 Å². The Balaban J connectivity index is 1.82. The van der Waals surface area contributed by atoms with Gasteiger partial charge in [0, 0.05) is 17.6 Å². The predicted octanol–water partition coefficient (Wildman–Crippen LogP) is 7.41. The van der Waals surface area contributed by atoms with Gasteiger partial charge in [-0.3, -0.25) is 0 Å². The lowest BCUT2D eigenvalue weighted by Gasteiger charge is -2.15. The maximum absolute atomic E-state index is 13.5. The molecule has 0 fully saturated rings. The second-order valence-electron chi connectivity index (χ2n) is 7.58. The zero-order valence-electron chi connectivity index (χ0n) is 17.8. The topological polar surface area (TPSA) is 49.8 Å². The normalized spacial score (nSPS) is 11.4. The van der Waals surface area contributed by atoms with E-state index in [0.29, 0.717) is 11.4 Å². The van der Waals surface area contributed by atoms with E-state index in [0.717, 1.165) is 43.0 Å². The van der Waals surface area contributed by atoms with Crippen molar-refractivity contribution in [3.63, 3.8) is 0 Å². The lowest BCUT2D eigenvalue weighted by Crippen LogP contribution is -2.12. The van der Waals surface area contributed by atoms with Crippen LogP contribution in [0.5, 0.6) is 0 Å². The van der Waals surface area contributed by atoms with Crippen molar-refractivity contribution in [2.24, 2.45) is 0 Å². The van der Waals surface area contributed by atoms with Crippen LogP contribution in [0, 0.1) is 6.92 Å². The Morgan fingerprint density at radius 2 is 1.68 bits per heavy atom. The maximum Gasteiger partial charge on any atom is 0.421 e. The summed E-state index contributed by atoms with van der Waals surface area (Å²) in [5.41, 5.74) is 2.52. The standard InChI is InChI=1S/C24H27F3N4/c1-3-4-5-6-8-18-9-7-10-20(15-18)29-22-21(24(25,26)27)16-28-23(31-22)30-19-13-11-17(2)12-14-19/h7,9-16H,3-6,8H2,1-2H3,(H2,28,29,30,31). The van der Waals surface area contributed by atoms with Crippen LogP contribution in [0.25, 0.3) is 0 Å². The molecule has 31 heavy (non-hydrogen) atoms. The SMILES string of the molecule is CCCCCCc1cccc(Nc2nc(Nc3ccc(C)cc3)ncc2C(F)(F)F)c1. The van der Waals surface area contributed by atoms with E-state index in [2.05, 4.69) is 27.5 Å². The highest BCUT2D eigenvalue weighted by molar-refractivity contribution is 5.63. The number of anilines is 4. The van der Waals surface area contributed by atoms with Crippen LogP contribution in [0.4, 0.5) is 36.3 Å². The highest BCUT2D eigenvalue weighted by Gasteiger charge is 2.35. The fraction of sp³-hybridized carbons (Fsp3) is 0.333. The van der Waals surface area contributed by atoms with Crippen molar-refractivity contribution in [2.45, 2.75) is 52.1 Å². The molecule has 1 aromatic heterocycles. The third-order valence-corrected chi connectivity index (χ3v) is 4.91. The number of rotatable bonds is 9. The molecule has 0 saturated heterocycles. The van der Waals surface area contributed by atoms with Gasteiger partial charge >= 0.3 is 6.18 Å². The Bertz CT molecular complexity index is 985. The van der Waals surface area contributed by atoms with Gasteiger partial charge in [-0.2, -0.15) is 18.2 Å². The molecule has 0 spiro atoms. The Morgan fingerprint density at radius 1 is 0.903 bits per heavy atom. The Hall–Kier alpha value is -3.09. The van der Waals surface area contributed by atoms with Crippen molar-refractivity contribution >= 4 is 23.1 Å². The molecule has 1 heterocycles. The van der Waals surface area contributed by atoms with E-state index in [-0.39, 0.29) is 11.8 Å². The van der Waals surface area contributed by atoms with Gasteiger partial charge in [-0.15, -0.1) is 0 Å². The van der Waals surface area contributed by atoms with E-state index in [1.807, 2.05) is 49.4 Å². The average molecular weight is 429 g/mol. The summed E-state index contributed by atoms with van der Waals surface area (Å²) in [7, 11) is 0. The van der Waals surface area contributed by atoms with Gasteiger partial charge in [-0.25, -0.2) is 4.98 Å². The number of nitrogens with zero attached hydrogens (tertiary/aromatic N) is 2. The summed E-state index contributed by atoms with van der Waals surface area (Å²) >= 11 is 0. The van der Waals surface area contributed by atoms with Crippen LogP contribution in [-0.4, -0.2) is 9.97 Å². The molecule has 2 aromatic carbocycles. The predicted molar refractivity (Wildman–Crippen MR) is 119 cm³/mol. The van der Waals surface area contributed by atoms with Gasteiger partial charge in [0.1, 0.15) is 11.4 Å². The number of unbranched alkanes of at least 4 members (excludes halogenated alkanes) is 3. The van der Waals surface area contributed by atoms with E-state index in [4.69, 9.17) is 0 Å². The van der Waals surface area contributed by atoms with Crippen LogP contribution in [0.15, 0.2) is 54.7 Å². The van der Waals surface area contributed by atoms with Gasteiger partial charge in [-0.05, 0) is 49.6 Å². The van der Waals surface area contributed by atoms with Crippen molar-refractivity contribution in [3.8, 4) is 0 Å². The number of alkyl halides is 3. The molecular weight excluding hydrogens is 401 g/mol. The van der Waals surface area contributed by atoms with E-state index >= 15 is 0 Å². The van der Waals surface area contributed by atoms with Crippen molar-refractivity contribution in [1.29, 1.82) is 0 Å². The summed E-state index contributed by atoms with van der Waals surface area (Å²) in [5.74, 6) is -0.185. The monoisotopic (exact) mass is 428 g/mol. The second kappa shape index (κ2) is 10.3. The molecule has 3 rings (SSSR count). The van der Waals surface area contributed by atoms with Crippen molar-refractivity contribution in [3.05, 3.63) is 71.4 Å². The number of benzene rings is 2. The Morgan fingerprint density at radius 3 is 2.39 bits per heavy atom. The smallest absolute Gasteiger partial charge is 0.340 e. The van der Waals surface area contributed by atoms with E-state index in [9.17, 15) is 13.2 Å². The first-order chi connectivity index (χ1) is 14.8. The molecule has 4 nitrogen and oxygen atoms in total. The molecule has 0 atom stereocenters. The van der Waals surface area contributed by atoms with E-state index in [1.54, 1.807) is 6.07 Å². The molecule has 0 aliphatic heterocycles. The maximum atomic E-state index is 13.5. The lowest BCUT2D eigenvalue weighted by molar-refractivity contribution is -0.137. The lowest BCUT2D eigenvalue weighted by atomic mass is 10.1. The molecule has 0 aliphatic carbocycles. The molecule has 0 unspecified atom stereocenters. The first-order valence-electron chi connectivity index (χ1n) is 10.5. The number of aryl methyl sites for hydroxylation is 2. The fourth-order valence-electron chi connectivity index (χ4n) is 3.21. The average Bonchev–Trinajstić information content (AvgIpc) is 2.73. The molecule has 7 heteroatoms. The molecule has 2 N–H and O–H groups in total. The zero-order chi connectivity index (χ0) is 22.3. The number of hydrogen-bond donors (Lipinski definition) is 2. The minimum atomic E-state index is -4.57.